The molecule has 0 saturated heterocycles. The Hall–Kier alpha value is -2.59. The maximum Gasteiger partial charge on any atom is 0.154 e. The number of halogens is 1. The van der Waals surface area contributed by atoms with Gasteiger partial charge in [0.15, 0.2) is 5.82 Å². The third-order valence-electron chi connectivity index (χ3n) is 3.94. The Bertz CT molecular complexity index is 933. The number of anilines is 1. The molecule has 2 heterocycles. The zero-order valence-corrected chi connectivity index (χ0v) is 13.5. The van der Waals surface area contributed by atoms with Gasteiger partial charge >= 0.3 is 0 Å². The Morgan fingerprint density at radius 3 is 2.52 bits per heavy atom. The molecule has 0 fully saturated rings. The Labute approximate surface area is 140 Å². The van der Waals surface area contributed by atoms with Gasteiger partial charge in [-0.05, 0) is 18.6 Å². The van der Waals surface area contributed by atoms with Crippen molar-refractivity contribution in [1.29, 1.82) is 0 Å². The highest BCUT2D eigenvalue weighted by atomic mass is 35.5. The maximum absolute atomic E-state index is 4.43. The van der Waals surface area contributed by atoms with Crippen LogP contribution in [0.15, 0.2) is 60.9 Å². The van der Waals surface area contributed by atoms with Crippen LogP contribution in [0.5, 0.6) is 0 Å². The molecule has 4 aromatic rings. The number of nitrogens with one attached hydrogen (secondary N) is 2. The van der Waals surface area contributed by atoms with E-state index in [4.69, 9.17) is 0 Å². The fourth-order valence-corrected chi connectivity index (χ4v) is 2.78. The molecule has 0 radical (unpaired) electrons. The number of H-pyrrole nitrogens is 1. The van der Waals surface area contributed by atoms with Gasteiger partial charge in [-0.2, -0.15) is 0 Å². The second kappa shape index (κ2) is 6.26. The molecule has 0 aliphatic heterocycles. The van der Waals surface area contributed by atoms with Gasteiger partial charge in [0.2, 0.25) is 0 Å². The van der Waals surface area contributed by atoms with Gasteiger partial charge in [0.1, 0.15) is 17.4 Å². The lowest BCUT2D eigenvalue weighted by atomic mass is 10.1. The van der Waals surface area contributed by atoms with Crippen LogP contribution in [0, 0.1) is 0 Å². The molecule has 116 valence electrons. The molecule has 2 aromatic carbocycles. The Kier molecular flexibility index (Phi) is 4.17. The SMILES string of the molecule is CC(Nc1ncnc2c1[nH]c1ccccc12)c1ccccc1.Cl. The summed E-state index contributed by atoms with van der Waals surface area (Å²) >= 11 is 0. The van der Waals surface area contributed by atoms with Crippen molar-refractivity contribution in [3.8, 4) is 0 Å². The molecule has 2 aromatic heterocycles. The first kappa shape index (κ1) is 15.3. The van der Waals surface area contributed by atoms with Crippen molar-refractivity contribution in [1.82, 2.24) is 15.0 Å². The topological polar surface area (TPSA) is 53.6 Å². The van der Waals surface area contributed by atoms with Crippen LogP contribution >= 0.6 is 12.4 Å². The van der Waals surface area contributed by atoms with Gasteiger partial charge in [0, 0.05) is 10.9 Å². The summed E-state index contributed by atoms with van der Waals surface area (Å²) < 4.78 is 0. The molecule has 4 rings (SSSR count). The lowest BCUT2D eigenvalue weighted by Crippen LogP contribution is -2.08. The third kappa shape index (κ3) is 2.73. The monoisotopic (exact) mass is 324 g/mol. The smallest absolute Gasteiger partial charge is 0.154 e. The minimum atomic E-state index is 0. The van der Waals surface area contributed by atoms with Gasteiger partial charge < -0.3 is 10.3 Å². The molecule has 0 aliphatic rings. The molecule has 2 N–H and O–H groups in total. The van der Waals surface area contributed by atoms with Gasteiger partial charge in [-0.15, -0.1) is 12.4 Å². The molecule has 4 nitrogen and oxygen atoms in total. The predicted octanol–water partition coefficient (Wildman–Crippen LogP) is 4.71. The number of fused-ring (bicyclic) bond motifs is 3. The first-order valence-corrected chi connectivity index (χ1v) is 7.36. The average molecular weight is 325 g/mol. The van der Waals surface area contributed by atoms with Crippen molar-refractivity contribution in [2.45, 2.75) is 13.0 Å². The second-order valence-electron chi connectivity index (χ2n) is 5.39. The normalized spacial score (nSPS) is 12.0. The number of hydrogen-bond donors (Lipinski definition) is 2. The van der Waals surface area contributed by atoms with E-state index in [1.165, 1.54) is 5.56 Å². The summed E-state index contributed by atoms with van der Waals surface area (Å²) in [4.78, 5) is 12.3. The van der Waals surface area contributed by atoms with Crippen LogP contribution in [0.1, 0.15) is 18.5 Å². The predicted molar refractivity (Wildman–Crippen MR) is 97.1 cm³/mol. The van der Waals surface area contributed by atoms with Crippen molar-refractivity contribution in [3.05, 3.63) is 66.5 Å². The van der Waals surface area contributed by atoms with Crippen molar-refractivity contribution in [3.63, 3.8) is 0 Å². The lowest BCUT2D eigenvalue weighted by Gasteiger charge is -2.15. The third-order valence-corrected chi connectivity index (χ3v) is 3.94. The van der Waals surface area contributed by atoms with Crippen molar-refractivity contribution in [2.75, 3.05) is 5.32 Å². The van der Waals surface area contributed by atoms with Gasteiger partial charge in [-0.3, -0.25) is 0 Å². The number of benzene rings is 2. The Morgan fingerprint density at radius 1 is 0.957 bits per heavy atom. The zero-order chi connectivity index (χ0) is 14.9. The van der Waals surface area contributed by atoms with Gasteiger partial charge in [-0.25, -0.2) is 9.97 Å². The molecule has 0 spiro atoms. The minimum absolute atomic E-state index is 0. The summed E-state index contributed by atoms with van der Waals surface area (Å²) in [6.07, 6.45) is 1.61. The minimum Gasteiger partial charge on any atom is -0.362 e. The van der Waals surface area contributed by atoms with Crippen LogP contribution in [0.2, 0.25) is 0 Å². The fourth-order valence-electron chi connectivity index (χ4n) is 2.78. The van der Waals surface area contributed by atoms with Gasteiger partial charge in [0.05, 0.1) is 6.04 Å². The molecule has 0 aliphatic carbocycles. The average Bonchev–Trinajstić information content (AvgIpc) is 2.95. The van der Waals surface area contributed by atoms with E-state index in [1.54, 1.807) is 6.33 Å². The first-order valence-electron chi connectivity index (χ1n) is 7.36. The summed E-state index contributed by atoms with van der Waals surface area (Å²) in [6, 6.07) is 18.7. The summed E-state index contributed by atoms with van der Waals surface area (Å²) in [5, 5.41) is 4.60. The fraction of sp³-hybridized carbons (Fsp3) is 0.111. The van der Waals surface area contributed by atoms with Crippen LogP contribution in [-0.2, 0) is 0 Å². The van der Waals surface area contributed by atoms with Crippen molar-refractivity contribution in [2.24, 2.45) is 0 Å². The van der Waals surface area contributed by atoms with E-state index in [-0.39, 0.29) is 18.4 Å². The maximum atomic E-state index is 4.43. The Morgan fingerprint density at radius 2 is 1.70 bits per heavy atom. The summed E-state index contributed by atoms with van der Waals surface area (Å²) in [5.41, 5.74) is 4.21. The molecule has 5 heteroatoms. The van der Waals surface area contributed by atoms with Crippen LogP contribution in [0.25, 0.3) is 21.9 Å². The molecule has 0 bridgehead atoms. The number of hydrogen-bond acceptors (Lipinski definition) is 3. The molecule has 1 unspecified atom stereocenters. The second-order valence-corrected chi connectivity index (χ2v) is 5.39. The molecule has 23 heavy (non-hydrogen) atoms. The van der Waals surface area contributed by atoms with E-state index in [0.717, 1.165) is 27.8 Å². The van der Waals surface area contributed by atoms with Crippen molar-refractivity contribution < 1.29 is 0 Å². The van der Waals surface area contributed by atoms with Crippen LogP contribution in [0.3, 0.4) is 0 Å². The van der Waals surface area contributed by atoms with Crippen LogP contribution < -0.4 is 5.32 Å². The molecule has 0 saturated carbocycles. The highest BCUT2D eigenvalue weighted by Gasteiger charge is 2.12. The molecular formula is C18H17ClN4. The molecular weight excluding hydrogens is 308 g/mol. The lowest BCUT2D eigenvalue weighted by molar-refractivity contribution is 0.875. The number of nitrogens with zero attached hydrogens (tertiary/aromatic N) is 2. The largest absolute Gasteiger partial charge is 0.362 e. The van der Waals surface area contributed by atoms with E-state index in [2.05, 4.69) is 51.5 Å². The van der Waals surface area contributed by atoms with E-state index in [1.807, 2.05) is 30.3 Å². The highest BCUT2D eigenvalue weighted by Crippen LogP contribution is 2.28. The number of aromatic amines is 1. The Balaban J connectivity index is 0.00000156. The standard InChI is InChI=1S/C18H16N4.ClH/c1-12(13-7-3-2-4-8-13)21-18-17-16(19-11-20-18)14-9-5-6-10-15(14)22-17;/h2-12,22H,1H3,(H,19,20,21);1H. The van der Waals surface area contributed by atoms with Crippen LogP contribution in [-0.4, -0.2) is 15.0 Å². The number of para-hydroxylation sites is 1. The summed E-state index contributed by atoms with van der Waals surface area (Å²) in [6.45, 7) is 2.13. The van der Waals surface area contributed by atoms with Crippen LogP contribution in [0.4, 0.5) is 5.82 Å². The van der Waals surface area contributed by atoms with E-state index < -0.39 is 0 Å². The zero-order valence-electron chi connectivity index (χ0n) is 12.7. The number of rotatable bonds is 3. The van der Waals surface area contributed by atoms with Crippen molar-refractivity contribution >= 4 is 40.2 Å². The quantitative estimate of drug-likeness (QED) is 0.574. The highest BCUT2D eigenvalue weighted by molar-refractivity contribution is 6.07. The summed E-state index contributed by atoms with van der Waals surface area (Å²) in [7, 11) is 0. The molecule has 0 amide bonds. The van der Waals surface area contributed by atoms with Gasteiger partial charge in [0.25, 0.3) is 0 Å². The number of aromatic nitrogens is 3. The van der Waals surface area contributed by atoms with E-state index in [0.29, 0.717) is 0 Å². The summed E-state index contributed by atoms with van der Waals surface area (Å²) in [5.74, 6) is 0.831. The van der Waals surface area contributed by atoms with Gasteiger partial charge in [-0.1, -0.05) is 48.5 Å². The van der Waals surface area contributed by atoms with E-state index >= 15 is 0 Å². The van der Waals surface area contributed by atoms with E-state index in [9.17, 15) is 0 Å². The first-order chi connectivity index (χ1) is 10.8. The molecule has 1 atom stereocenters.